The molecule has 3 nitrogen and oxygen atoms in total. The number of carbonyl (C=O) groups is 1. The van der Waals surface area contributed by atoms with E-state index in [2.05, 4.69) is 4.98 Å². The molecule has 0 aliphatic rings. The normalized spacial score (nSPS) is 13.5. The van der Waals surface area contributed by atoms with Crippen molar-refractivity contribution in [3.05, 3.63) is 29.6 Å². The van der Waals surface area contributed by atoms with Gasteiger partial charge < -0.3 is 5.73 Å². The number of carbonyl (C=O) groups excluding carboxylic acids is 1. The molecule has 94 valence electrons. The first-order valence-electron chi connectivity index (χ1n) is 5.16. The van der Waals surface area contributed by atoms with Crippen molar-refractivity contribution in [1.82, 2.24) is 4.98 Å². The second kappa shape index (κ2) is 5.27. The summed E-state index contributed by atoms with van der Waals surface area (Å²) < 4.78 is 37.9. The number of alkyl halides is 3. The first kappa shape index (κ1) is 13.6. The lowest BCUT2D eigenvalue weighted by Gasteiger charge is -2.12. The van der Waals surface area contributed by atoms with E-state index in [-0.39, 0.29) is 6.42 Å². The molecule has 2 N–H and O–H groups in total. The Balaban J connectivity index is 3.02. The third-order valence-corrected chi connectivity index (χ3v) is 2.40. The molecule has 0 saturated carbocycles. The van der Waals surface area contributed by atoms with E-state index >= 15 is 0 Å². The smallest absolute Gasteiger partial charge is 0.327 e. The number of hydrogen-bond donors (Lipinski definition) is 1. The van der Waals surface area contributed by atoms with Gasteiger partial charge in [-0.3, -0.25) is 9.78 Å². The number of hydrogen-bond acceptors (Lipinski definition) is 3. The second-order valence-corrected chi connectivity index (χ2v) is 3.71. The molecule has 0 radical (unpaired) electrons. The lowest BCUT2D eigenvalue weighted by Crippen LogP contribution is -2.24. The molecule has 0 aromatic carbocycles. The Morgan fingerprint density at radius 1 is 1.53 bits per heavy atom. The summed E-state index contributed by atoms with van der Waals surface area (Å²) in [7, 11) is 0. The summed E-state index contributed by atoms with van der Waals surface area (Å²) in [6.07, 6.45) is -2.17. The minimum Gasteiger partial charge on any atom is -0.327 e. The highest BCUT2D eigenvalue weighted by Gasteiger charge is 2.35. The Labute approximate surface area is 96.8 Å². The van der Waals surface area contributed by atoms with Gasteiger partial charge >= 0.3 is 6.18 Å². The molecule has 0 amide bonds. The number of halogens is 3. The van der Waals surface area contributed by atoms with Gasteiger partial charge in [-0.15, -0.1) is 0 Å². The number of nitrogens with two attached hydrogens (primary N) is 1. The van der Waals surface area contributed by atoms with Gasteiger partial charge in [0.25, 0.3) is 0 Å². The van der Waals surface area contributed by atoms with Gasteiger partial charge in [0.2, 0.25) is 0 Å². The van der Waals surface area contributed by atoms with Crippen LogP contribution in [0.5, 0.6) is 0 Å². The zero-order valence-corrected chi connectivity index (χ0v) is 9.29. The van der Waals surface area contributed by atoms with Gasteiger partial charge in [0, 0.05) is 30.4 Å². The largest absolute Gasteiger partial charge is 0.417 e. The van der Waals surface area contributed by atoms with Gasteiger partial charge in [-0.1, -0.05) is 6.92 Å². The van der Waals surface area contributed by atoms with Crippen molar-refractivity contribution >= 4 is 5.78 Å². The number of ketones is 1. The van der Waals surface area contributed by atoms with Gasteiger partial charge in [0.1, 0.15) is 0 Å². The maximum Gasteiger partial charge on any atom is 0.417 e. The van der Waals surface area contributed by atoms with E-state index in [4.69, 9.17) is 5.73 Å². The van der Waals surface area contributed by atoms with Crippen molar-refractivity contribution in [3.8, 4) is 0 Å². The number of Topliss-reactive ketones (excluding diaryl/α,β-unsaturated/α-hetero) is 1. The lowest BCUT2D eigenvalue weighted by atomic mass is 10.00. The molecular formula is C11H13F3N2O. The number of nitrogens with zero attached hydrogens (tertiary/aromatic N) is 1. The third-order valence-electron chi connectivity index (χ3n) is 2.40. The van der Waals surface area contributed by atoms with Crippen LogP contribution in [0.15, 0.2) is 18.5 Å². The fourth-order valence-electron chi connectivity index (χ4n) is 1.36. The molecule has 0 saturated heterocycles. The summed E-state index contributed by atoms with van der Waals surface area (Å²) in [5.41, 5.74) is 4.18. The minimum absolute atomic E-state index is 0.106. The standard InChI is InChI=1S/C11H13F3N2O/c1-2-7(15)5-10(17)8-6-16-4-3-9(8)11(12,13)14/h3-4,6-7H,2,5,15H2,1H3. The Morgan fingerprint density at radius 2 is 2.18 bits per heavy atom. The average molecular weight is 246 g/mol. The first-order valence-corrected chi connectivity index (χ1v) is 5.16. The van der Waals surface area contributed by atoms with Crippen LogP contribution in [0.1, 0.15) is 35.7 Å². The zero-order valence-electron chi connectivity index (χ0n) is 9.29. The summed E-state index contributed by atoms with van der Waals surface area (Å²) in [6, 6.07) is 0.369. The first-order chi connectivity index (χ1) is 7.86. The summed E-state index contributed by atoms with van der Waals surface area (Å²) in [4.78, 5) is 15.2. The highest BCUT2D eigenvalue weighted by Crippen LogP contribution is 2.31. The maximum absolute atomic E-state index is 12.6. The number of rotatable bonds is 4. The quantitative estimate of drug-likeness (QED) is 0.830. The van der Waals surface area contributed by atoms with Crippen molar-refractivity contribution in [3.63, 3.8) is 0 Å². The molecule has 1 aromatic heterocycles. The van der Waals surface area contributed by atoms with E-state index in [1.807, 2.05) is 0 Å². The van der Waals surface area contributed by atoms with Gasteiger partial charge in [-0.2, -0.15) is 13.2 Å². The lowest BCUT2D eigenvalue weighted by molar-refractivity contribution is -0.138. The van der Waals surface area contributed by atoms with Crippen LogP contribution in [0.25, 0.3) is 0 Å². The van der Waals surface area contributed by atoms with Crippen LogP contribution >= 0.6 is 0 Å². The van der Waals surface area contributed by atoms with Crippen LogP contribution in [-0.4, -0.2) is 16.8 Å². The van der Waals surface area contributed by atoms with Gasteiger partial charge in [0.15, 0.2) is 5.78 Å². The monoisotopic (exact) mass is 246 g/mol. The topological polar surface area (TPSA) is 56.0 Å². The highest BCUT2D eigenvalue weighted by atomic mass is 19.4. The molecule has 0 aliphatic carbocycles. The van der Waals surface area contributed by atoms with Crippen molar-refractivity contribution < 1.29 is 18.0 Å². The molecule has 17 heavy (non-hydrogen) atoms. The Hall–Kier alpha value is -1.43. The van der Waals surface area contributed by atoms with Gasteiger partial charge in [-0.25, -0.2) is 0 Å². The molecule has 0 bridgehead atoms. The molecule has 1 rings (SSSR count). The predicted octanol–water partition coefficient (Wildman–Crippen LogP) is 2.41. The average Bonchev–Trinajstić information content (AvgIpc) is 2.27. The molecule has 1 atom stereocenters. The third kappa shape index (κ3) is 3.52. The molecule has 0 fully saturated rings. The van der Waals surface area contributed by atoms with E-state index in [0.29, 0.717) is 6.42 Å². The Kier molecular flexibility index (Phi) is 4.22. The second-order valence-electron chi connectivity index (χ2n) is 3.71. The minimum atomic E-state index is -4.55. The fourth-order valence-corrected chi connectivity index (χ4v) is 1.36. The molecule has 1 aromatic rings. The molecule has 1 heterocycles. The Bertz CT molecular complexity index is 404. The summed E-state index contributed by atoms with van der Waals surface area (Å²) in [5.74, 6) is -0.625. The van der Waals surface area contributed by atoms with Crippen molar-refractivity contribution in [2.24, 2.45) is 5.73 Å². The number of pyridine rings is 1. The van der Waals surface area contributed by atoms with Crippen molar-refractivity contribution in [2.75, 3.05) is 0 Å². The Morgan fingerprint density at radius 3 is 2.71 bits per heavy atom. The summed E-state index contributed by atoms with van der Waals surface area (Å²) in [5, 5.41) is 0. The van der Waals surface area contributed by atoms with E-state index in [0.717, 1.165) is 18.5 Å². The molecule has 1 unspecified atom stereocenters. The highest BCUT2D eigenvalue weighted by molar-refractivity contribution is 5.97. The fraction of sp³-hybridized carbons (Fsp3) is 0.455. The van der Waals surface area contributed by atoms with E-state index in [9.17, 15) is 18.0 Å². The molecule has 0 aliphatic heterocycles. The van der Waals surface area contributed by atoms with Crippen LogP contribution < -0.4 is 5.73 Å². The van der Waals surface area contributed by atoms with Gasteiger partial charge in [0.05, 0.1) is 5.56 Å². The predicted molar refractivity (Wildman–Crippen MR) is 56.5 cm³/mol. The number of aromatic nitrogens is 1. The van der Waals surface area contributed by atoms with Crippen LogP contribution in [0, 0.1) is 0 Å². The van der Waals surface area contributed by atoms with Crippen LogP contribution in [0.2, 0.25) is 0 Å². The maximum atomic E-state index is 12.6. The zero-order chi connectivity index (χ0) is 13.1. The SMILES string of the molecule is CCC(N)CC(=O)c1cnccc1C(F)(F)F. The van der Waals surface area contributed by atoms with E-state index in [1.54, 1.807) is 6.92 Å². The molecule has 6 heteroatoms. The summed E-state index contributed by atoms with van der Waals surface area (Å²) >= 11 is 0. The van der Waals surface area contributed by atoms with E-state index < -0.39 is 29.1 Å². The van der Waals surface area contributed by atoms with Crippen LogP contribution in [0.4, 0.5) is 13.2 Å². The molecule has 0 spiro atoms. The molecular weight excluding hydrogens is 233 g/mol. The summed E-state index contributed by atoms with van der Waals surface area (Å²) in [6.45, 7) is 1.77. The van der Waals surface area contributed by atoms with E-state index in [1.165, 1.54) is 0 Å². The van der Waals surface area contributed by atoms with Gasteiger partial charge in [-0.05, 0) is 12.5 Å². The van der Waals surface area contributed by atoms with Crippen molar-refractivity contribution in [1.29, 1.82) is 0 Å². The van der Waals surface area contributed by atoms with Crippen LogP contribution in [-0.2, 0) is 6.18 Å². The van der Waals surface area contributed by atoms with Crippen LogP contribution in [0.3, 0.4) is 0 Å². The van der Waals surface area contributed by atoms with Crippen molar-refractivity contribution in [2.45, 2.75) is 32.0 Å².